The van der Waals surface area contributed by atoms with E-state index in [-0.39, 0.29) is 49.8 Å². The quantitative estimate of drug-likeness (QED) is 0.159. The number of carbonyl (C=O) groups excluding carboxylic acids is 4. The van der Waals surface area contributed by atoms with Gasteiger partial charge in [0.1, 0.15) is 5.69 Å². The first kappa shape index (κ1) is 33.0. The highest BCUT2D eigenvalue weighted by Gasteiger charge is 2.36. The number of nitrogens with one attached hydrogen (secondary N) is 2. The minimum absolute atomic E-state index is 0.0949. The van der Waals surface area contributed by atoms with E-state index in [1.54, 1.807) is 46.8 Å². The minimum Gasteiger partial charge on any atom is -0.493 e. The molecule has 0 spiro atoms. The Labute approximate surface area is 283 Å². The number of methoxy groups -OCH3 is 2. The molecule has 0 fully saturated rings. The number of anilines is 2. The molecule has 252 valence electrons. The lowest BCUT2D eigenvalue weighted by atomic mass is 10.1. The van der Waals surface area contributed by atoms with Crippen molar-refractivity contribution in [2.24, 2.45) is 12.0 Å². The van der Waals surface area contributed by atoms with Gasteiger partial charge in [-0.3, -0.25) is 29.1 Å². The predicted octanol–water partition coefficient (Wildman–Crippen LogP) is 5.08. The van der Waals surface area contributed by atoms with Crippen molar-refractivity contribution < 1.29 is 33.4 Å². The zero-order valence-electron chi connectivity index (χ0n) is 27.5. The van der Waals surface area contributed by atoms with E-state index in [9.17, 15) is 19.2 Å². The number of hydrogen-bond donors (Lipinski definition) is 2. The molecule has 12 heteroatoms. The maximum atomic E-state index is 13.6. The molecule has 1 aromatic heterocycles. The highest BCUT2D eigenvalue weighted by atomic mass is 16.5. The first-order valence-electron chi connectivity index (χ1n) is 16.0. The largest absolute Gasteiger partial charge is 0.493 e. The van der Waals surface area contributed by atoms with Crippen LogP contribution in [-0.2, 0) is 27.8 Å². The number of hydrogen-bond acceptors (Lipinski definition) is 8. The van der Waals surface area contributed by atoms with Crippen LogP contribution in [0.3, 0.4) is 0 Å². The van der Waals surface area contributed by atoms with Crippen molar-refractivity contribution in [1.82, 2.24) is 9.88 Å². The number of para-hydroxylation sites is 1. The molecule has 0 unspecified atom stereocenters. The van der Waals surface area contributed by atoms with Gasteiger partial charge in [0.25, 0.3) is 11.8 Å². The van der Waals surface area contributed by atoms with Crippen LogP contribution in [0.2, 0.25) is 0 Å². The van der Waals surface area contributed by atoms with Crippen molar-refractivity contribution in [2.75, 3.05) is 37.6 Å². The molecule has 4 aromatic rings. The maximum Gasteiger partial charge on any atom is 0.307 e. The number of amides is 3. The van der Waals surface area contributed by atoms with Gasteiger partial charge in [0.2, 0.25) is 5.91 Å². The van der Waals surface area contributed by atoms with Gasteiger partial charge in [-0.05, 0) is 47.9 Å². The van der Waals surface area contributed by atoms with Crippen molar-refractivity contribution in [3.8, 4) is 22.6 Å². The molecule has 3 heterocycles. The molecule has 2 N–H and O–H groups in total. The Kier molecular flexibility index (Phi) is 9.74. The third-order valence-corrected chi connectivity index (χ3v) is 8.52. The normalized spacial score (nSPS) is 14.3. The lowest BCUT2D eigenvalue weighted by molar-refractivity contribution is -0.140. The fourth-order valence-electron chi connectivity index (χ4n) is 5.99. The second-order valence-corrected chi connectivity index (χ2v) is 11.8. The summed E-state index contributed by atoms with van der Waals surface area (Å²) in [5.41, 5.74) is 5.78. The Balaban J connectivity index is 1.01. The highest BCUT2D eigenvalue weighted by molar-refractivity contribution is 6.14. The van der Waals surface area contributed by atoms with Crippen LogP contribution in [0.5, 0.6) is 11.5 Å². The summed E-state index contributed by atoms with van der Waals surface area (Å²) in [6.45, 7) is 0.440. The highest BCUT2D eigenvalue weighted by Crippen LogP contribution is 2.41. The molecule has 12 nitrogen and oxygen atoms in total. The molecule has 3 aromatic carbocycles. The Hall–Kier alpha value is -5.91. The summed E-state index contributed by atoms with van der Waals surface area (Å²) in [6.07, 6.45) is 5.14. The van der Waals surface area contributed by atoms with Crippen LogP contribution >= 0.6 is 0 Å². The third kappa shape index (κ3) is 7.18. The van der Waals surface area contributed by atoms with Gasteiger partial charge in [-0.25, -0.2) is 0 Å². The third-order valence-electron chi connectivity index (χ3n) is 8.52. The van der Waals surface area contributed by atoms with Crippen LogP contribution in [0, 0.1) is 0 Å². The van der Waals surface area contributed by atoms with Crippen LogP contribution in [-0.4, -0.2) is 67.9 Å². The van der Waals surface area contributed by atoms with Gasteiger partial charge in [-0.2, -0.15) is 0 Å². The van der Waals surface area contributed by atoms with Crippen molar-refractivity contribution in [1.29, 1.82) is 0 Å². The Morgan fingerprint density at radius 2 is 1.76 bits per heavy atom. The Morgan fingerprint density at radius 1 is 0.959 bits per heavy atom. The van der Waals surface area contributed by atoms with E-state index in [4.69, 9.17) is 9.47 Å². The summed E-state index contributed by atoms with van der Waals surface area (Å²) in [4.78, 5) is 56.6. The number of aliphatic imine (C=N–C) groups is 1. The molecule has 2 aliphatic rings. The van der Waals surface area contributed by atoms with Crippen molar-refractivity contribution in [3.63, 3.8) is 0 Å². The van der Waals surface area contributed by atoms with Crippen LogP contribution in [0.1, 0.15) is 45.7 Å². The molecule has 49 heavy (non-hydrogen) atoms. The van der Waals surface area contributed by atoms with Gasteiger partial charge in [0.05, 0.1) is 44.5 Å². The fourth-order valence-corrected chi connectivity index (χ4v) is 5.99. The first-order valence-corrected chi connectivity index (χ1v) is 16.0. The van der Waals surface area contributed by atoms with Crippen LogP contribution in [0.4, 0.5) is 17.1 Å². The monoisotopic (exact) mass is 663 g/mol. The number of carbonyl (C=O) groups is 4. The zero-order chi connectivity index (χ0) is 34.5. The fraction of sp³-hybridized carbons (Fsp3) is 0.270. The van der Waals surface area contributed by atoms with Crippen LogP contribution in [0.15, 0.2) is 77.9 Å². The Morgan fingerprint density at radius 3 is 2.53 bits per heavy atom. The number of fused-ring (bicyclic) bond motifs is 4. The van der Waals surface area contributed by atoms with E-state index in [1.165, 1.54) is 14.2 Å². The molecular weight excluding hydrogens is 626 g/mol. The topological polar surface area (TPSA) is 141 Å². The lowest BCUT2D eigenvalue weighted by Crippen LogP contribution is -2.37. The Bertz CT molecular complexity index is 1930. The number of esters is 1. The van der Waals surface area contributed by atoms with E-state index in [1.807, 2.05) is 48.8 Å². The SMILES string of the molecule is COC(=O)CCNC(=O)c1cc(-c2ccc(NC(=O)CCCOc3cc4c(cc3OC)C(=O)N3c5ccccc5C[C@H]3C=N4)cc2)cn1C. The molecule has 0 saturated heterocycles. The van der Waals surface area contributed by atoms with Gasteiger partial charge in [0, 0.05) is 61.9 Å². The van der Waals surface area contributed by atoms with E-state index in [2.05, 4.69) is 20.4 Å². The van der Waals surface area contributed by atoms with E-state index >= 15 is 0 Å². The average Bonchev–Trinajstić information content (AvgIpc) is 3.65. The summed E-state index contributed by atoms with van der Waals surface area (Å²) in [7, 11) is 4.60. The molecule has 3 amide bonds. The second-order valence-electron chi connectivity index (χ2n) is 11.8. The van der Waals surface area contributed by atoms with E-state index in [0.29, 0.717) is 47.0 Å². The zero-order valence-corrected chi connectivity index (χ0v) is 27.5. The molecular formula is C37H37N5O7. The summed E-state index contributed by atoms with van der Waals surface area (Å²) in [5, 5.41) is 5.62. The van der Waals surface area contributed by atoms with Crippen molar-refractivity contribution >= 4 is 47.0 Å². The van der Waals surface area contributed by atoms with Crippen molar-refractivity contribution in [3.05, 3.63) is 89.7 Å². The molecule has 2 aliphatic heterocycles. The standard InChI is InChI=1S/C37H37N5O7/c1-41-22-25(18-31(41)36(45)38-15-14-35(44)48-3)23-10-12-26(13-11-23)40-34(43)9-6-16-49-33-20-29-28(19-32(33)47-2)37(46)42-27(21-39-29)17-24-7-4-5-8-30(24)42/h4-5,7-8,10-13,18-22,27H,6,9,14-17H2,1-3H3,(H,38,45)(H,40,43)/t27-/m0/s1. The van der Waals surface area contributed by atoms with E-state index in [0.717, 1.165) is 22.4 Å². The number of benzene rings is 3. The van der Waals surface area contributed by atoms with Gasteiger partial charge < -0.3 is 29.4 Å². The van der Waals surface area contributed by atoms with Gasteiger partial charge in [0.15, 0.2) is 11.5 Å². The second kappa shape index (κ2) is 14.5. The van der Waals surface area contributed by atoms with Crippen LogP contribution in [0.25, 0.3) is 11.1 Å². The number of nitrogens with zero attached hydrogens (tertiary/aromatic N) is 3. The number of aromatic nitrogens is 1. The summed E-state index contributed by atoms with van der Waals surface area (Å²) < 4.78 is 17.9. The summed E-state index contributed by atoms with van der Waals surface area (Å²) in [6, 6.07) is 20.2. The number of ether oxygens (including phenoxy) is 3. The number of aryl methyl sites for hydroxylation is 1. The minimum atomic E-state index is -0.391. The van der Waals surface area contributed by atoms with Gasteiger partial charge in [-0.1, -0.05) is 30.3 Å². The molecule has 1 atom stereocenters. The molecule has 0 aliphatic carbocycles. The molecule has 0 bridgehead atoms. The number of rotatable bonds is 12. The first-order chi connectivity index (χ1) is 23.7. The lowest BCUT2D eigenvalue weighted by Gasteiger charge is -2.22. The van der Waals surface area contributed by atoms with Gasteiger partial charge in [-0.15, -0.1) is 0 Å². The molecule has 0 saturated carbocycles. The smallest absolute Gasteiger partial charge is 0.307 e. The van der Waals surface area contributed by atoms with Crippen molar-refractivity contribution in [2.45, 2.75) is 31.7 Å². The summed E-state index contributed by atoms with van der Waals surface area (Å²) in [5.74, 6) is -0.109. The summed E-state index contributed by atoms with van der Waals surface area (Å²) >= 11 is 0. The average molecular weight is 664 g/mol. The van der Waals surface area contributed by atoms with Crippen LogP contribution < -0.4 is 25.0 Å². The maximum absolute atomic E-state index is 13.6. The van der Waals surface area contributed by atoms with E-state index < -0.39 is 5.97 Å². The predicted molar refractivity (Wildman–Crippen MR) is 185 cm³/mol. The van der Waals surface area contributed by atoms with Gasteiger partial charge >= 0.3 is 5.97 Å². The molecule has 0 radical (unpaired) electrons. The molecule has 6 rings (SSSR count).